The molecular weight excluding hydrogens is 408 g/mol. The number of ether oxygens (including phenoxy) is 1. The van der Waals surface area contributed by atoms with Crippen molar-refractivity contribution in [1.29, 1.82) is 0 Å². The van der Waals surface area contributed by atoms with Gasteiger partial charge in [0.15, 0.2) is 0 Å². The molecule has 1 saturated heterocycles. The Morgan fingerprint density at radius 2 is 2.03 bits per heavy atom. The van der Waals surface area contributed by atoms with Crippen molar-refractivity contribution < 1.29 is 9.53 Å². The van der Waals surface area contributed by atoms with Crippen LogP contribution in [0.3, 0.4) is 0 Å². The molecule has 2 atom stereocenters. The van der Waals surface area contributed by atoms with E-state index < -0.39 is 0 Å². The number of amides is 2. The minimum Gasteiger partial charge on any atom is -0.377 e. The van der Waals surface area contributed by atoms with Crippen LogP contribution in [0.25, 0.3) is 0 Å². The second kappa shape index (κ2) is 11.6. The minimum atomic E-state index is -0.218. The van der Waals surface area contributed by atoms with E-state index in [2.05, 4.69) is 53.4 Å². The highest BCUT2D eigenvalue weighted by molar-refractivity contribution is 7.09. The van der Waals surface area contributed by atoms with Crippen molar-refractivity contribution in [1.82, 2.24) is 15.2 Å². The summed E-state index contributed by atoms with van der Waals surface area (Å²) < 4.78 is 5.93. The Balaban J connectivity index is 1.50. The van der Waals surface area contributed by atoms with Crippen molar-refractivity contribution in [2.75, 3.05) is 18.5 Å². The third kappa shape index (κ3) is 7.30. The second-order valence-electron chi connectivity index (χ2n) is 8.55. The number of hydrogen-bond donors (Lipinski definition) is 2. The monoisotopic (exact) mass is 444 g/mol. The summed E-state index contributed by atoms with van der Waals surface area (Å²) in [5.41, 5.74) is 2.93. The van der Waals surface area contributed by atoms with Gasteiger partial charge in [-0.15, -0.1) is 11.3 Å². The lowest BCUT2D eigenvalue weighted by atomic mass is 10.1. The zero-order chi connectivity index (χ0) is 22.2. The van der Waals surface area contributed by atoms with Gasteiger partial charge in [0.25, 0.3) is 0 Å². The van der Waals surface area contributed by atoms with E-state index in [-0.39, 0.29) is 12.1 Å². The molecule has 2 amide bonds. The molecule has 0 bridgehead atoms. The van der Waals surface area contributed by atoms with Crippen LogP contribution in [0.1, 0.15) is 69.3 Å². The van der Waals surface area contributed by atoms with Crippen LogP contribution in [0.4, 0.5) is 10.5 Å². The van der Waals surface area contributed by atoms with Crippen LogP contribution in [0, 0.1) is 0 Å². The van der Waals surface area contributed by atoms with Gasteiger partial charge in [0.2, 0.25) is 0 Å². The van der Waals surface area contributed by atoms with Gasteiger partial charge >= 0.3 is 6.03 Å². The largest absolute Gasteiger partial charge is 0.377 e. The van der Waals surface area contributed by atoms with E-state index in [1.807, 2.05) is 24.4 Å². The number of thiazole rings is 1. The van der Waals surface area contributed by atoms with Gasteiger partial charge in [-0.2, -0.15) is 0 Å². The molecule has 0 radical (unpaired) electrons. The van der Waals surface area contributed by atoms with Gasteiger partial charge < -0.3 is 15.4 Å². The molecule has 0 saturated carbocycles. The van der Waals surface area contributed by atoms with Crippen LogP contribution in [-0.2, 0) is 17.7 Å². The van der Waals surface area contributed by atoms with Crippen molar-refractivity contribution >= 4 is 23.1 Å². The SMILES string of the molecule is CCc1nc([C@@H](C)NC(=O)Nc2ccc(CN(C[C@@H]3CCCCO3)C(C)C)cc2)cs1. The first kappa shape index (κ1) is 23.7. The summed E-state index contributed by atoms with van der Waals surface area (Å²) in [6, 6.07) is 8.21. The van der Waals surface area contributed by atoms with Crippen LogP contribution in [-0.4, -0.2) is 41.2 Å². The number of rotatable bonds is 9. The Kier molecular flexibility index (Phi) is 8.87. The van der Waals surface area contributed by atoms with E-state index in [9.17, 15) is 4.79 Å². The van der Waals surface area contributed by atoms with Crippen molar-refractivity contribution in [2.45, 2.75) is 78.1 Å². The molecule has 1 aromatic heterocycles. The Bertz CT molecular complexity index is 815. The van der Waals surface area contributed by atoms with Crippen LogP contribution >= 0.6 is 11.3 Å². The number of carbonyl (C=O) groups excluding carboxylic acids is 1. The average Bonchev–Trinajstić information content (AvgIpc) is 3.25. The number of aromatic nitrogens is 1. The standard InChI is InChI=1S/C24H36N4O2S/c1-5-23-27-22(16-31-23)18(4)25-24(29)26-20-11-9-19(10-12-20)14-28(17(2)3)15-21-8-6-7-13-30-21/h9-12,16-18,21H,5-8,13-15H2,1-4H3,(H2,25,26,29)/t18-,21+/m1/s1. The van der Waals surface area contributed by atoms with Crippen molar-refractivity contribution in [3.05, 3.63) is 45.9 Å². The molecule has 3 rings (SSSR count). The third-order valence-corrected chi connectivity index (χ3v) is 6.71. The molecule has 2 aromatic rings. The van der Waals surface area contributed by atoms with E-state index in [1.165, 1.54) is 18.4 Å². The number of urea groups is 1. The number of hydrogen-bond acceptors (Lipinski definition) is 5. The molecule has 2 heterocycles. The summed E-state index contributed by atoms with van der Waals surface area (Å²) >= 11 is 1.63. The molecule has 6 nitrogen and oxygen atoms in total. The first-order valence-corrected chi connectivity index (χ1v) is 12.3. The lowest BCUT2D eigenvalue weighted by Crippen LogP contribution is -2.39. The summed E-state index contributed by atoms with van der Waals surface area (Å²) in [5, 5.41) is 8.99. The van der Waals surface area contributed by atoms with Crippen molar-refractivity contribution in [3.8, 4) is 0 Å². The smallest absolute Gasteiger partial charge is 0.319 e. The van der Waals surface area contributed by atoms with E-state index in [0.29, 0.717) is 12.1 Å². The molecule has 2 N–H and O–H groups in total. The molecular formula is C24H36N4O2S. The normalized spacial score (nSPS) is 17.7. The number of benzene rings is 1. The van der Waals surface area contributed by atoms with Gasteiger partial charge in [0.05, 0.1) is 22.8 Å². The maximum Gasteiger partial charge on any atom is 0.319 e. The van der Waals surface area contributed by atoms with E-state index in [0.717, 1.165) is 48.9 Å². The van der Waals surface area contributed by atoms with Gasteiger partial charge in [-0.05, 0) is 64.2 Å². The molecule has 1 fully saturated rings. The second-order valence-corrected chi connectivity index (χ2v) is 9.49. The fourth-order valence-electron chi connectivity index (χ4n) is 3.72. The van der Waals surface area contributed by atoms with E-state index in [1.54, 1.807) is 11.3 Å². The molecule has 1 aliphatic heterocycles. The fraction of sp³-hybridized carbons (Fsp3) is 0.583. The minimum absolute atomic E-state index is 0.127. The summed E-state index contributed by atoms with van der Waals surface area (Å²) in [5.74, 6) is 0. The van der Waals surface area contributed by atoms with Gasteiger partial charge in [0, 0.05) is 36.8 Å². The maximum atomic E-state index is 12.4. The summed E-state index contributed by atoms with van der Waals surface area (Å²) in [6.45, 7) is 11.2. The molecule has 170 valence electrons. The number of aryl methyl sites for hydroxylation is 1. The quantitative estimate of drug-likeness (QED) is 0.546. The maximum absolute atomic E-state index is 12.4. The molecule has 0 aliphatic carbocycles. The predicted molar refractivity (Wildman–Crippen MR) is 128 cm³/mol. The topological polar surface area (TPSA) is 66.5 Å². The Morgan fingerprint density at radius 3 is 2.65 bits per heavy atom. The molecule has 0 spiro atoms. The highest BCUT2D eigenvalue weighted by atomic mass is 32.1. The van der Waals surface area contributed by atoms with E-state index >= 15 is 0 Å². The highest BCUT2D eigenvalue weighted by Gasteiger charge is 2.20. The average molecular weight is 445 g/mol. The van der Waals surface area contributed by atoms with Crippen LogP contribution in [0.5, 0.6) is 0 Å². The van der Waals surface area contributed by atoms with Crippen LogP contribution in [0.2, 0.25) is 0 Å². The number of carbonyl (C=O) groups is 1. The van der Waals surface area contributed by atoms with Crippen LogP contribution < -0.4 is 10.6 Å². The van der Waals surface area contributed by atoms with Gasteiger partial charge in [0.1, 0.15) is 0 Å². The Hall–Kier alpha value is -1.96. The fourth-order valence-corrected chi connectivity index (χ4v) is 4.56. The Morgan fingerprint density at radius 1 is 1.26 bits per heavy atom. The molecule has 0 unspecified atom stereocenters. The number of nitrogens with one attached hydrogen (secondary N) is 2. The predicted octanol–water partition coefficient (Wildman–Crippen LogP) is 5.37. The summed E-state index contributed by atoms with van der Waals surface area (Å²) in [6.07, 6.45) is 4.86. The molecule has 7 heteroatoms. The zero-order valence-corrected chi connectivity index (χ0v) is 20.0. The zero-order valence-electron chi connectivity index (χ0n) is 19.2. The molecule has 31 heavy (non-hydrogen) atoms. The first-order valence-electron chi connectivity index (χ1n) is 11.4. The van der Waals surface area contributed by atoms with Crippen molar-refractivity contribution in [2.24, 2.45) is 0 Å². The summed E-state index contributed by atoms with van der Waals surface area (Å²) in [7, 11) is 0. The van der Waals surface area contributed by atoms with Gasteiger partial charge in [-0.1, -0.05) is 19.1 Å². The molecule has 1 aliphatic rings. The molecule has 1 aromatic carbocycles. The van der Waals surface area contributed by atoms with Crippen LogP contribution in [0.15, 0.2) is 29.6 Å². The number of nitrogens with zero attached hydrogens (tertiary/aromatic N) is 2. The highest BCUT2D eigenvalue weighted by Crippen LogP contribution is 2.19. The Labute approximate surface area is 190 Å². The first-order chi connectivity index (χ1) is 14.9. The van der Waals surface area contributed by atoms with Gasteiger partial charge in [-0.3, -0.25) is 4.90 Å². The summed E-state index contributed by atoms with van der Waals surface area (Å²) in [4.78, 5) is 19.4. The number of anilines is 1. The van der Waals surface area contributed by atoms with Gasteiger partial charge in [-0.25, -0.2) is 9.78 Å². The lowest BCUT2D eigenvalue weighted by molar-refractivity contribution is -0.0129. The van der Waals surface area contributed by atoms with E-state index in [4.69, 9.17) is 4.74 Å². The van der Waals surface area contributed by atoms with Crippen molar-refractivity contribution in [3.63, 3.8) is 0 Å². The third-order valence-electron chi connectivity index (χ3n) is 5.70. The lowest BCUT2D eigenvalue weighted by Gasteiger charge is -2.32.